The molecule has 0 bridgehead atoms. The molecule has 35 heavy (non-hydrogen) atoms. The fraction of sp³-hybridized carbons (Fsp3) is 0.680. The molecular formula is C25H37Cl2N3O5. The minimum Gasteiger partial charge on any atom is -0.467 e. The van der Waals surface area contributed by atoms with Crippen LogP contribution in [0, 0.1) is 5.92 Å². The van der Waals surface area contributed by atoms with Crippen LogP contribution >= 0.6 is 23.2 Å². The number of ether oxygens (including phenoxy) is 2. The quantitative estimate of drug-likeness (QED) is 0.370. The predicted octanol–water partition coefficient (Wildman–Crippen LogP) is 1.50. The number of carbonyl (C=O) groups is 2. The van der Waals surface area contributed by atoms with Crippen LogP contribution in [0.1, 0.15) is 18.9 Å². The van der Waals surface area contributed by atoms with Crippen molar-refractivity contribution in [2.24, 2.45) is 5.92 Å². The molecule has 1 saturated heterocycles. The average molecular weight is 530 g/mol. The molecule has 0 aromatic heterocycles. The van der Waals surface area contributed by atoms with Crippen LogP contribution in [0.2, 0.25) is 0 Å². The first-order valence-electron chi connectivity index (χ1n) is 12.1. The van der Waals surface area contributed by atoms with Gasteiger partial charge in [-0.2, -0.15) is 0 Å². The van der Waals surface area contributed by atoms with Gasteiger partial charge in [-0.05, 0) is 26.0 Å². The number of aliphatic hydroxyl groups is 1. The molecule has 1 aliphatic carbocycles. The minimum atomic E-state index is -1.16. The van der Waals surface area contributed by atoms with E-state index < -0.39 is 46.8 Å². The van der Waals surface area contributed by atoms with Crippen LogP contribution in [-0.4, -0.2) is 109 Å². The second kappa shape index (κ2) is 13.2. The lowest BCUT2D eigenvalue weighted by Gasteiger charge is -2.41. The number of likely N-dealkylation sites (N-methyl/N-ethyl adjacent to an activating group) is 1. The van der Waals surface area contributed by atoms with Crippen LogP contribution in [0.15, 0.2) is 30.3 Å². The molecule has 1 amide bonds. The first-order chi connectivity index (χ1) is 16.7. The fourth-order valence-electron chi connectivity index (χ4n) is 4.70. The third-order valence-electron chi connectivity index (χ3n) is 7.07. The fourth-order valence-corrected chi connectivity index (χ4v) is 5.62. The van der Waals surface area contributed by atoms with Crippen molar-refractivity contribution < 1.29 is 24.2 Å². The molecule has 0 spiro atoms. The number of carbonyl (C=O) groups excluding carboxylic acids is 2. The largest absolute Gasteiger partial charge is 0.467 e. The molecule has 6 unspecified atom stereocenters. The van der Waals surface area contributed by atoms with Gasteiger partial charge >= 0.3 is 5.97 Å². The Morgan fingerprint density at radius 1 is 1.23 bits per heavy atom. The number of nitrogens with zero attached hydrogens (tertiary/aromatic N) is 2. The number of hydrogen-bond donors (Lipinski definition) is 2. The Kier molecular flexibility index (Phi) is 10.6. The lowest BCUT2D eigenvalue weighted by molar-refractivity contribution is -0.147. The van der Waals surface area contributed by atoms with Crippen LogP contribution in [0.25, 0.3) is 0 Å². The van der Waals surface area contributed by atoms with E-state index in [4.69, 9.17) is 32.7 Å². The van der Waals surface area contributed by atoms with Crippen molar-refractivity contribution in [3.05, 3.63) is 35.9 Å². The Labute approximate surface area is 217 Å². The highest BCUT2D eigenvalue weighted by Crippen LogP contribution is 2.34. The number of hydrogen-bond acceptors (Lipinski definition) is 7. The van der Waals surface area contributed by atoms with Gasteiger partial charge in [-0.1, -0.05) is 30.3 Å². The van der Waals surface area contributed by atoms with Crippen LogP contribution in [0.4, 0.5) is 0 Å². The van der Waals surface area contributed by atoms with E-state index >= 15 is 0 Å². The Bertz CT molecular complexity index is 833. The zero-order valence-corrected chi connectivity index (χ0v) is 22.1. The maximum absolute atomic E-state index is 13.1. The highest BCUT2D eigenvalue weighted by molar-refractivity contribution is 6.25. The van der Waals surface area contributed by atoms with Crippen LogP contribution < -0.4 is 5.32 Å². The van der Waals surface area contributed by atoms with Gasteiger partial charge in [-0.3, -0.25) is 9.69 Å². The molecule has 2 N–H and O–H groups in total. The Hall–Kier alpha value is -1.42. The third-order valence-corrected chi connectivity index (χ3v) is 8.00. The number of halogens is 2. The molecule has 2 fully saturated rings. The molecule has 0 radical (unpaired) electrons. The number of piperazine rings is 1. The van der Waals surface area contributed by atoms with Crippen molar-refractivity contribution in [3.63, 3.8) is 0 Å². The van der Waals surface area contributed by atoms with E-state index in [1.807, 2.05) is 30.3 Å². The zero-order valence-electron chi connectivity index (χ0n) is 20.6. The van der Waals surface area contributed by atoms with E-state index in [1.165, 1.54) is 7.11 Å². The number of rotatable bonds is 9. The molecule has 1 saturated carbocycles. The number of amides is 1. The van der Waals surface area contributed by atoms with E-state index in [2.05, 4.69) is 29.1 Å². The SMILES string of the molecule is COC(=O)[C@H](Cc1ccccc1)NC(=O)C1CC(Cl)C(OCCN2CCN(C)C(C)C2)C(Cl)C1O. The lowest BCUT2D eigenvalue weighted by atomic mass is 9.83. The van der Waals surface area contributed by atoms with E-state index in [0.717, 1.165) is 31.7 Å². The van der Waals surface area contributed by atoms with Gasteiger partial charge in [0.15, 0.2) is 0 Å². The Morgan fingerprint density at radius 2 is 1.94 bits per heavy atom. The van der Waals surface area contributed by atoms with Crippen LogP contribution in [0.3, 0.4) is 0 Å². The molecule has 3 rings (SSSR count). The number of nitrogens with one attached hydrogen (secondary N) is 1. The topological polar surface area (TPSA) is 91.3 Å². The summed E-state index contributed by atoms with van der Waals surface area (Å²) in [4.78, 5) is 30.0. The Morgan fingerprint density at radius 3 is 2.60 bits per heavy atom. The zero-order chi connectivity index (χ0) is 25.5. The number of aliphatic hydroxyl groups excluding tert-OH is 1. The highest BCUT2D eigenvalue weighted by Gasteiger charge is 2.46. The molecule has 1 aromatic carbocycles. The monoisotopic (exact) mass is 529 g/mol. The van der Waals surface area contributed by atoms with E-state index in [0.29, 0.717) is 12.6 Å². The van der Waals surface area contributed by atoms with Gasteiger partial charge in [-0.25, -0.2) is 4.79 Å². The smallest absolute Gasteiger partial charge is 0.328 e. The van der Waals surface area contributed by atoms with E-state index in [-0.39, 0.29) is 12.8 Å². The molecule has 196 valence electrons. The maximum atomic E-state index is 13.1. The number of alkyl halides is 2. The van der Waals surface area contributed by atoms with Gasteiger partial charge in [0.05, 0.1) is 42.6 Å². The molecule has 8 nitrogen and oxygen atoms in total. The van der Waals surface area contributed by atoms with Gasteiger partial charge in [0, 0.05) is 38.6 Å². The summed E-state index contributed by atoms with van der Waals surface area (Å²) in [7, 11) is 3.40. The summed E-state index contributed by atoms with van der Waals surface area (Å²) >= 11 is 13.1. The highest BCUT2D eigenvalue weighted by atomic mass is 35.5. The van der Waals surface area contributed by atoms with Crippen molar-refractivity contribution in [1.82, 2.24) is 15.1 Å². The second-order valence-corrected chi connectivity index (χ2v) is 10.6. The molecule has 10 heteroatoms. The maximum Gasteiger partial charge on any atom is 0.328 e. The van der Waals surface area contributed by atoms with E-state index in [9.17, 15) is 14.7 Å². The Balaban J connectivity index is 1.54. The third kappa shape index (κ3) is 7.54. The van der Waals surface area contributed by atoms with Crippen LogP contribution in [-0.2, 0) is 25.5 Å². The first-order valence-corrected chi connectivity index (χ1v) is 13.0. The van der Waals surface area contributed by atoms with Gasteiger partial charge in [0.2, 0.25) is 5.91 Å². The minimum absolute atomic E-state index is 0.188. The second-order valence-electron chi connectivity index (χ2n) is 9.53. The average Bonchev–Trinajstić information content (AvgIpc) is 2.85. The van der Waals surface area contributed by atoms with Gasteiger partial charge in [-0.15, -0.1) is 23.2 Å². The molecule has 7 atom stereocenters. The number of esters is 1. The predicted molar refractivity (Wildman–Crippen MR) is 136 cm³/mol. The number of methoxy groups -OCH3 is 1. The summed E-state index contributed by atoms with van der Waals surface area (Å²) in [6, 6.07) is 8.92. The van der Waals surface area contributed by atoms with Gasteiger partial charge in [0.1, 0.15) is 6.04 Å². The van der Waals surface area contributed by atoms with Crippen molar-refractivity contribution in [3.8, 4) is 0 Å². The normalized spacial score (nSPS) is 31.0. The van der Waals surface area contributed by atoms with Crippen LogP contribution in [0.5, 0.6) is 0 Å². The summed E-state index contributed by atoms with van der Waals surface area (Å²) < 4.78 is 10.9. The molecule has 2 aliphatic rings. The summed E-state index contributed by atoms with van der Waals surface area (Å²) in [5.41, 5.74) is 0.876. The van der Waals surface area contributed by atoms with Gasteiger partial charge in [0.25, 0.3) is 0 Å². The standard InChI is InChI=1S/C25H37Cl2N3O5/c1-16-15-30(10-9-29(16)2)11-12-35-23-19(26)14-18(22(31)21(23)27)24(32)28-20(25(33)34-3)13-17-7-5-4-6-8-17/h4-8,16,18-23,31H,9-15H2,1-3H3,(H,28,32)/t16?,18?,19?,20-,21?,22?,23?/m0/s1. The van der Waals surface area contributed by atoms with Crippen molar-refractivity contribution in [2.75, 3.05) is 46.9 Å². The number of benzene rings is 1. The molecular weight excluding hydrogens is 493 g/mol. The van der Waals surface area contributed by atoms with Gasteiger partial charge < -0.3 is 24.8 Å². The first kappa shape index (κ1) is 28.2. The lowest BCUT2D eigenvalue weighted by Crippen LogP contribution is -2.57. The van der Waals surface area contributed by atoms with Crippen molar-refractivity contribution >= 4 is 35.1 Å². The molecule has 1 aromatic rings. The molecule has 1 aliphatic heterocycles. The molecule has 1 heterocycles. The summed E-state index contributed by atoms with van der Waals surface area (Å²) in [5, 5.41) is 12.2. The van der Waals surface area contributed by atoms with Crippen molar-refractivity contribution in [1.29, 1.82) is 0 Å². The summed E-state index contributed by atoms with van der Waals surface area (Å²) in [6.45, 7) is 6.34. The van der Waals surface area contributed by atoms with Crippen molar-refractivity contribution in [2.45, 2.75) is 54.8 Å². The summed E-state index contributed by atoms with van der Waals surface area (Å²) in [5.74, 6) is -1.90. The van der Waals surface area contributed by atoms with E-state index in [1.54, 1.807) is 0 Å². The summed E-state index contributed by atoms with van der Waals surface area (Å²) in [6.07, 6.45) is -1.28.